The van der Waals surface area contributed by atoms with Gasteiger partial charge in [0.25, 0.3) is 0 Å². The first kappa shape index (κ1) is 12.6. The summed E-state index contributed by atoms with van der Waals surface area (Å²) >= 11 is 0. The fourth-order valence-corrected chi connectivity index (χ4v) is 2.42. The zero-order valence-corrected chi connectivity index (χ0v) is 11.0. The standard InChI is InChI=1S/C14H17N3O/c1-5-11-8-7-9-15-13(11)17-12(18)10-14(3,4)16(17)6-2/h1,7-9H,6,10H2,2-4H3. The summed E-state index contributed by atoms with van der Waals surface area (Å²) in [5.74, 6) is 3.17. The van der Waals surface area contributed by atoms with E-state index in [-0.39, 0.29) is 11.4 Å². The SMILES string of the molecule is C#Cc1cccnc1N1C(=O)CC(C)(C)N1CC. The Morgan fingerprint density at radius 2 is 2.28 bits per heavy atom. The van der Waals surface area contributed by atoms with Crippen molar-refractivity contribution in [2.75, 3.05) is 11.6 Å². The fourth-order valence-electron chi connectivity index (χ4n) is 2.42. The number of anilines is 1. The number of rotatable bonds is 2. The molecule has 0 aromatic carbocycles. The Labute approximate surface area is 108 Å². The first-order valence-electron chi connectivity index (χ1n) is 6.03. The van der Waals surface area contributed by atoms with Gasteiger partial charge in [-0.1, -0.05) is 12.8 Å². The fraction of sp³-hybridized carbons (Fsp3) is 0.429. The second-order valence-corrected chi connectivity index (χ2v) is 4.93. The normalized spacial score (nSPS) is 19.0. The highest BCUT2D eigenvalue weighted by molar-refractivity contribution is 5.95. The molecule has 4 heteroatoms. The van der Waals surface area contributed by atoms with Gasteiger partial charge in [-0.15, -0.1) is 6.42 Å². The van der Waals surface area contributed by atoms with Crippen LogP contribution in [-0.2, 0) is 4.79 Å². The zero-order chi connectivity index (χ0) is 13.3. The molecule has 0 unspecified atom stereocenters. The van der Waals surface area contributed by atoms with Gasteiger partial charge in [-0.3, -0.25) is 4.79 Å². The predicted molar refractivity (Wildman–Crippen MR) is 70.7 cm³/mol. The minimum Gasteiger partial charge on any atom is -0.273 e. The number of pyridine rings is 1. The minimum atomic E-state index is -0.199. The van der Waals surface area contributed by atoms with Crippen molar-refractivity contribution in [2.24, 2.45) is 0 Å². The molecule has 2 heterocycles. The third-order valence-corrected chi connectivity index (χ3v) is 3.20. The molecule has 1 aliphatic heterocycles. The Kier molecular flexibility index (Phi) is 3.10. The molecule has 0 atom stereocenters. The largest absolute Gasteiger partial charge is 0.273 e. The summed E-state index contributed by atoms with van der Waals surface area (Å²) in [5, 5.41) is 3.63. The van der Waals surface area contributed by atoms with Crippen molar-refractivity contribution >= 4 is 11.7 Å². The number of hydrogen-bond acceptors (Lipinski definition) is 3. The molecule has 0 spiro atoms. The van der Waals surface area contributed by atoms with E-state index in [2.05, 4.69) is 10.9 Å². The van der Waals surface area contributed by atoms with Crippen LogP contribution in [0, 0.1) is 12.3 Å². The van der Waals surface area contributed by atoms with Crippen LogP contribution in [-0.4, -0.2) is 28.0 Å². The maximum Gasteiger partial charge on any atom is 0.244 e. The summed E-state index contributed by atoms with van der Waals surface area (Å²) in [4.78, 5) is 16.5. The number of terminal acetylenes is 1. The lowest BCUT2D eigenvalue weighted by atomic mass is 10.0. The van der Waals surface area contributed by atoms with Gasteiger partial charge < -0.3 is 0 Å². The number of nitrogens with zero attached hydrogens (tertiary/aromatic N) is 3. The number of hydrazine groups is 1. The lowest BCUT2D eigenvalue weighted by Gasteiger charge is -2.35. The van der Waals surface area contributed by atoms with Gasteiger partial charge in [0.2, 0.25) is 5.91 Å². The van der Waals surface area contributed by atoms with Crippen LogP contribution < -0.4 is 5.01 Å². The molecule has 1 aromatic rings. The second kappa shape index (κ2) is 4.43. The van der Waals surface area contributed by atoms with Gasteiger partial charge in [0, 0.05) is 24.7 Å². The summed E-state index contributed by atoms with van der Waals surface area (Å²) in [5.41, 5.74) is 0.442. The van der Waals surface area contributed by atoms with Crippen LogP contribution in [0.2, 0.25) is 0 Å². The molecule has 0 aliphatic carbocycles. The van der Waals surface area contributed by atoms with Crippen LogP contribution in [0.15, 0.2) is 18.3 Å². The van der Waals surface area contributed by atoms with Gasteiger partial charge in [0.15, 0.2) is 5.82 Å². The molecule has 94 valence electrons. The van der Waals surface area contributed by atoms with Crippen LogP contribution in [0.25, 0.3) is 0 Å². The Hall–Kier alpha value is -1.86. The summed E-state index contributed by atoms with van der Waals surface area (Å²) in [6.45, 7) is 6.85. The first-order valence-corrected chi connectivity index (χ1v) is 6.03. The topological polar surface area (TPSA) is 36.4 Å². The molecule has 1 fully saturated rings. The monoisotopic (exact) mass is 243 g/mol. The third kappa shape index (κ3) is 1.87. The Morgan fingerprint density at radius 1 is 1.56 bits per heavy atom. The van der Waals surface area contributed by atoms with E-state index in [0.717, 1.165) is 6.54 Å². The molecule has 2 rings (SSSR count). The number of amides is 1. The van der Waals surface area contributed by atoms with Crippen molar-refractivity contribution < 1.29 is 4.79 Å². The maximum absolute atomic E-state index is 12.2. The molecule has 1 aliphatic rings. The lowest BCUT2D eigenvalue weighted by Crippen LogP contribution is -2.47. The molecule has 0 saturated carbocycles. The average molecular weight is 243 g/mol. The molecular weight excluding hydrogens is 226 g/mol. The highest BCUT2D eigenvalue weighted by atomic mass is 16.2. The van der Waals surface area contributed by atoms with Gasteiger partial charge in [-0.05, 0) is 26.0 Å². The predicted octanol–water partition coefficient (Wildman–Crippen LogP) is 1.82. The molecule has 0 N–H and O–H groups in total. The van der Waals surface area contributed by atoms with E-state index >= 15 is 0 Å². The summed E-state index contributed by atoms with van der Waals surface area (Å²) in [6.07, 6.45) is 7.60. The van der Waals surface area contributed by atoms with Crippen molar-refractivity contribution in [3.63, 3.8) is 0 Å². The summed E-state index contributed by atoms with van der Waals surface area (Å²) < 4.78 is 0. The smallest absolute Gasteiger partial charge is 0.244 e. The van der Waals surface area contributed by atoms with Crippen molar-refractivity contribution in [1.82, 2.24) is 9.99 Å². The Morgan fingerprint density at radius 3 is 2.89 bits per heavy atom. The van der Waals surface area contributed by atoms with Gasteiger partial charge >= 0.3 is 0 Å². The van der Waals surface area contributed by atoms with E-state index in [4.69, 9.17) is 6.42 Å². The number of carbonyl (C=O) groups excluding carboxylic acids is 1. The highest BCUT2D eigenvalue weighted by Crippen LogP contribution is 2.33. The van der Waals surface area contributed by atoms with Gasteiger partial charge in [0.05, 0.1) is 5.56 Å². The van der Waals surface area contributed by atoms with Crippen molar-refractivity contribution in [3.8, 4) is 12.3 Å². The number of carbonyl (C=O) groups is 1. The highest BCUT2D eigenvalue weighted by Gasteiger charge is 2.44. The van der Waals surface area contributed by atoms with E-state index in [1.807, 2.05) is 25.8 Å². The average Bonchev–Trinajstić information content (AvgIpc) is 2.57. The van der Waals surface area contributed by atoms with Crippen LogP contribution >= 0.6 is 0 Å². The second-order valence-electron chi connectivity index (χ2n) is 4.93. The van der Waals surface area contributed by atoms with Crippen LogP contribution in [0.3, 0.4) is 0 Å². The van der Waals surface area contributed by atoms with E-state index < -0.39 is 0 Å². The molecule has 0 radical (unpaired) electrons. The van der Waals surface area contributed by atoms with E-state index in [0.29, 0.717) is 17.8 Å². The van der Waals surface area contributed by atoms with Gasteiger partial charge in [0.1, 0.15) is 0 Å². The molecule has 18 heavy (non-hydrogen) atoms. The van der Waals surface area contributed by atoms with E-state index in [9.17, 15) is 4.79 Å². The van der Waals surface area contributed by atoms with Gasteiger partial charge in [-0.25, -0.2) is 15.0 Å². The quantitative estimate of drug-likeness (QED) is 0.743. The molecule has 1 amide bonds. The van der Waals surface area contributed by atoms with Gasteiger partial charge in [-0.2, -0.15) is 0 Å². The molecule has 1 saturated heterocycles. The summed E-state index contributed by atoms with van der Waals surface area (Å²) in [7, 11) is 0. The lowest BCUT2D eigenvalue weighted by molar-refractivity contribution is -0.118. The first-order chi connectivity index (χ1) is 8.51. The molecule has 0 bridgehead atoms. The third-order valence-electron chi connectivity index (χ3n) is 3.20. The Balaban J connectivity index is 2.50. The number of hydrogen-bond donors (Lipinski definition) is 0. The van der Waals surface area contributed by atoms with Crippen LogP contribution in [0.4, 0.5) is 5.82 Å². The van der Waals surface area contributed by atoms with E-state index in [1.165, 1.54) is 0 Å². The zero-order valence-electron chi connectivity index (χ0n) is 11.0. The molecular formula is C14H17N3O. The molecule has 4 nitrogen and oxygen atoms in total. The molecule has 1 aromatic heterocycles. The minimum absolute atomic E-state index is 0.0389. The number of aromatic nitrogens is 1. The van der Waals surface area contributed by atoms with Crippen molar-refractivity contribution in [3.05, 3.63) is 23.9 Å². The summed E-state index contributed by atoms with van der Waals surface area (Å²) in [6, 6.07) is 3.58. The van der Waals surface area contributed by atoms with Crippen molar-refractivity contribution in [2.45, 2.75) is 32.7 Å². The maximum atomic E-state index is 12.2. The van der Waals surface area contributed by atoms with E-state index in [1.54, 1.807) is 23.3 Å². The Bertz CT molecular complexity index is 516. The van der Waals surface area contributed by atoms with Crippen LogP contribution in [0.1, 0.15) is 32.8 Å². The van der Waals surface area contributed by atoms with Crippen LogP contribution in [0.5, 0.6) is 0 Å². The van der Waals surface area contributed by atoms with Crippen molar-refractivity contribution in [1.29, 1.82) is 0 Å².